The lowest BCUT2D eigenvalue weighted by molar-refractivity contribution is -0.127. The monoisotopic (exact) mass is 379 g/mol. The quantitative estimate of drug-likeness (QED) is 0.729. The molecule has 28 heavy (non-hydrogen) atoms. The number of rotatable bonds is 5. The molecule has 5 nitrogen and oxygen atoms in total. The Hall–Kier alpha value is -2.82. The molecule has 3 rings (SSSR count). The molecule has 1 aromatic heterocycles. The lowest BCUT2D eigenvalue weighted by Gasteiger charge is -2.29. The highest BCUT2D eigenvalue weighted by Gasteiger charge is 2.31. The first-order chi connectivity index (χ1) is 13.2. The molecule has 1 unspecified atom stereocenters. The number of para-hydroxylation sites is 1. The zero-order valence-corrected chi connectivity index (χ0v) is 17.3. The van der Waals surface area contributed by atoms with Crippen molar-refractivity contribution in [2.45, 2.75) is 52.7 Å². The van der Waals surface area contributed by atoms with Crippen LogP contribution in [-0.4, -0.2) is 20.8 Å². The van der Waals surface area contributed by atoms with E-state index in [9.17, 15) is 9.59 Å². The van der Waals surface area contributed by atoms with Crippen molar-refractivity contribution >= 4 is 16.8 Å². The normalized spacial score (nSPS) is 13.1. The summed E-state index contributed by atoms with van der Waals surface area (Å²) in [6.07, 6.45) is 0. The van der Waals surface area contributed by atoms with Crippen molar-refractivity contribution < 1.29 is 4.79 Å². The highest BCUT2D eigenvalue weighted by Crippen LogP contribution is 2.23. The molecule has 2 aromatic carbocycles. The van der Waals surface area contributed by atoms with Crippen molar-refractivity contribution in [1.82, 2.24) is 14.7 Å². The Morgan fingerprint density at radius 3 is 2.21 bits per heavy atom. The average molecular weight is 380 g/mol. The third-order valence-corrected chi connectivity index (χ3v) is 4.72. The molecule has 0 saturated heterocycles. The first-order valence-corrected chi connectivity index (χ1v) is 9.75. The number of hydrogen-bond acceptors (Lipinski definition) is 2. The first kappa shape index (κ1) is 19.9. The molecule has 1 amide bonds. The summed E-state index contributed by atoms with van der Waals surface area (Å²) in [4.78, 5) is 26.5. The van der Waals surface area contributed by atoms with E-state index in [0.29, 0.717) is 11.9 Å². The average Bonchev–Trinajstić information content (AvgIpc) is 2.88. The predicted molar refractivity (Wildman–Crippen MR) is 114 cm³/mol. The van der Waals surface area contributed by atoms with Crippen molar-refractivity contribution in [3.05, 3.63) is 70.5 Å². The zero-order chi connectivity index (χ0) is 20.5. The lowest BCUT2D eigenvalue weighted by Crippen LogP contribution is -2.48. The molecule has 0 aliphatic heterocycles. The molecular formula is C23H29N3O2. The molecule has 1 atom stereocenters. The van der Waals surface area contributed by atoms with Gasteiger partial charge in [-0.3, -0.25) is 14.3 Å². The first-order valence-electron chi connectivity index (χ1n) is 9.75. The second kappa shape index (κ2) is 7.66. The second-order valence-corrected chi connectivity index (χ2v) is 8.64. The van der Waals surface area contributed by atoms with Crippen LogP contribution >= 0.6 is 0 Å². The van der Waals surface area contributed by atoms with Crippen LogP contribution in [-0.2, 0) is 11.3 Å². The van der Waals surface area contributed by atoms with Crippen LogP contribution in [0.5, 0.6) is 0 Å². The van der Waals surface area contributed by atoms with Gasteiger partial charge in [0.15, 0.2) is 0 Å². The van der Waals surface area contributed by atoms with Crippen LogP contribution < -0.4 is 10.9 Å². The maximum Gasteiger partial charge on any atom is 0.275 e. The summed E-state index contributed by atoms with van der Waals surface area (Å²) in [7, 11) is 0. The summed E-state index contributed by atoms with van der Waals surface area (Å²) < 4.78 is 3.59. The van der Waals surface area contributed by atoms with Gasteiger partial charge in [-0.1, -0.05) is 56.3 Å². The van der Waals surface area contributed by atoms with Gasteiger partial charge < -0.3 is 5.32 Å². The fourth-order valence-electron chi connectivity index (χ4n) is 3.56. The van der Waals surface area contributed by atoms with Gasteiger partial charge in [0.05, 0.1) is 17.4 Å². The van der Waals surface area contributed by atoms with Crippen LogP contribution in [0, 0.1) is 5.92 Å². The topological polar surface area (TPSA) is 56.0 Å². The third-order valence-electron chi connectivity index (χ3n) is 4.72. The Labute approximate surface area is 166 Å². The van der Waals surface area contributed by atoms with Crippen molar-refractivity contribution in [2.24, 2.45) is 5.92 Å². The maximum atomic E-state index is 13.3. The summed E-state index contributed by atoms with van der Waals surface area (Å²) in [5.74, 6) is -0.180. The minimum Gasteiger partial charge on any atom is -0.350 e. The van der Waals surface area contributed by atoms with E-state index in [1.807, 2.05) is 93.9 Å². The Morgan fingerprint density at radius 1 is 1.00 bits per heavy atom. The predicted octanol–water partition coefficient (Wildman–Crippen LogP) is 3.96. The fraction of sp³-hybridized carbons (Fsp3) is 0.391. The Kier molecular flexibility index (Phi) is 5.45. The molecule has 0 saturated carbocycles. The molecule has 0 spiro atoms. The van der Waals surface area contributed by atoms with Crippen LogP contribution in [0.4, 0.5) is 0 Å². The zero-order valence-electron chi connectivity index (χ0n) is 17.3. The Bertz CT molecular complexity index is 1020. The number of fused-ring (bicyclic) bond motifs is 1. The van der Waals surface area contributed by atoms with Crippen molar-refractivity contribution in [3.63, 3.8) is 0 Å². The van der Waals surface area contributed by atoms with Gasteiger partial charge in [0.25, 0.3) is 5.56 Å². The van der Waals surface area contributed by atoms with Gasteiger partial charge in [-0.05, 0) is 44.4 Å². The van der Waals surface area contributed by atoms with Crippen LogP contribution in [0.15, 0.2) is 59.4 Å². The number of benzene rings is 2. The Balaban J connectivity index is 2.20. The molecule has 1 heterocycles. The SMILES string of the molecule is CC(C)C(C(=O)NC(C)(C)C)n1c(=O)c2ccccc2n1Cc1ccccc1. The summed E-state index contributed by atoms with van der Waals surface area (Å²) in [5.41, 5.74) is 1.42. The molecule has 0 radical (unpaired) electrons. The molecule has 0 aliphatic carbocycles. The van der Waals surface area contributed by atoms with E-state index in [2.05, 4.69) is 5.32 Å². The number of hydrogen-bond donors (Lipinski definition) is 1. The van der Waals surface area contributed by atoms with Crippen LogP contribution in [0.2, 0.25) is 0 Å². The minimum atomic E-state index is -0.595. The third kappa shape index (κ3) is 4.03. The van der Waals surface area contributed by atoms with Gasteiger partial charge in [0.2, 0.25) is 5.91 Å². The summed E-state index contributed by atoms with van der Waals surface area (Å²) in [6.45, 7) is 10.3. The van der Waals surface area contributed by atoms with Crippen molar-refractivity contribution in [2.75, 3.05) is 0 Å². The van der Waals surface area contributed by atoms with Gasteiger partial charge in [-0.15, -0.1) is 0 Å². The highest BCUT2D eigenvalue weighted by atomic mass is 16.2. The van der Waals surface area contributed by atoms with Crippen molar-refractivity contribution in [3.8, 4) is 0 Å². The molecule has 148 valence electrons. The van der Waals surface area contributed by atoms with E-state index in [1.165, 1.54) is 0 Å². The second-order valence-electron chi connectivity index (χ2n) is 8.64. The number of amides is 1. The number of carbonyl (C=O) groups excluding carboxylic acids is 1. The Morgan fingerprint density at radius 2 is 1.61 bits per heavy atom. The van der Waals surface area contributed by atoms with Crippen LogP contribution in [0.25, 0.3) is 10.9 Å². The highest BCUT2D eigenvalue weighted by molar-refractivity contribution is 5.83. The molecule has 3 aromatic rings. The van der Waals surface area contributed by atoms with Gasteiger partial charge in [-0.2, -0.15) is 0 Å². The van der Waals surface area contributed by atoms with Gasteiger partial charge in [0, 0.05) is 5.54 Å². The molecule has 1 N–H and O–H groups in total. The molecule has 5 heteroatoms. The maximum absolute atomic E-state index is 13.3. The van der Waals surface area contributed by atoms with Gasteiger partial charge >= 0.3 is 0 Å². The van der Waals surface area contributed by atoms with Gasteiger partial charge in [0.1, 0.15) is 6.04 Å². The van der Waals surface area contributed by atoms with E-state index in [-0.39, 0.29) is 22.9 Å². The van der Waals surface area contributed by atoms with E-state index in [0.717, 1.165) is 11.1 Å². The van der Waals surface area contributed by atoms with Crippen molar-refractivity contribution in [1.29, 1.82) is 0 Å². The van der Waals surface area contributed by atoms with Gasteiger partial charge in [-0.25, -0.2) is 4.68 Å². The smallest absolute Gasteiger partial charge is 0.275 e. The van der Waals surface area contributed by atoms with E-state index in [1.54, 1.807) is 4.68 Å². The number of nitrogens with zero attached hydrogens (tertiary/aromatic N) is 2. The number of carbonyl (C=O) groups is 1. The number of aromatic nitrogens is 2. The molecule has 0 bridgehead atoms. The fourth-order valence-corrected chi connectivity index (χ4v) is 3.56. The largest absolute Gasteiger partial charge is 0.350 e. The molecular weight excluding hydrogens is 350 g/mol. The van der Waals surface area contributed by atoms with E-state index >= 15 is 0 Å². The minimum absolute atomic E-state index is 0.0427. The molecule has 0 fully saturated rings. The summed E-state index contributed by atoms with van der Waals surface area (Å²) >= 11 is 0. The van der Waals surface area contributed by atoms with E-state index in [4.69, 9.17) is 0 Å². The van der Waals surface area contributed by atoms with Crippen LogP contribution in [0.1, 0.15) is 46.2 Å². The summed E-state index contributed by atoms with van der Waals surface area (Å²) in [5, 5.41) is 3.68. The van der Waals surface area contributed by atoms with Crippen LogP contribution in [0.3, 0.4) is 0 Å². The lowest BCUT2D eigenvalue weighted by atomic mass is 10.0. The number of nitrogens with one attached hydrogen (secondary N) is 1. The molecule has 0 aliphatic rings. The summed E-state index contributed by atoms with van der Waals surface area (Å²) in [6, 6.07) is 17.0. The van der Waals surface area contributed by atoms with E-state index < -0.39 is 6.04 Å². The standard InChI is InChI=1S/C23H29N3O2/c1-16(2)20(21(27)24-23(3,4)5)26-22(28)18-13-9-10-14-19(18)25(26)15-17-11-7-6-8-12-17/h6-14,16,20H,15H2,1-5H3,(H,24,27).